The molecule has 1 aliphatic rings. The molecule has 1 unspecified atom stereocenters. The summed E-state index contributed by atoms with van der Waals surface area (Å²) in [6, 6.07) is 8.67. The fraction of sp³-hybridized carbons (Fsp3) is 0.571. The largest absolute Gasteiger partial charge is 0.491 e. The van der Waals surface area contributed by atoms with Crippen molar-refractivity contribution in [2.45, 2.75) is 33.2 Å². The Labute approximate surface area is 98.0 Å². The third-order valence-electron chi connectivity index (χ3n) is 2.97. The first-order chi connectivity index (χ1) is 7.56. The molecule has 2 rings (SSSR count). The van der Waals surface area contributed by atoms with E-state index in [4.69, 9.17) is 4.74 Å². The maximum absolute atomic E-state index is 5.63. The molecule has 2 nitrogen and oxygen atoms in total. The standard InChI is InChI=1S/C14H21NO/c1-14(2,3)8-9-15-12-10-16-13-7-5-4-6-11(12)13/h4-7,12,15H,8-10H2,1-3H3. The van der Waals surface area contributed by atoms with Gasteiger partial charge in [-0.2, -0.15) is 0 Å². The summed E-state index contributed by atoms with van der Waals surface area (Å²) < 4.78 is 5.63. The predicted molar refractivity (Wildman–Crippen MR) is 66.8 cm³/mol. The highest BCUT2D eigenvalue weighted by atomic mass is 16.5. The zero-order valence-electron chi connectivity index (χ0n) is 10.4. The van der Waals surface area contributed by atoms with E-state index in [0.29, 0.717) is 11.5 Å². The monoisotopic (exact) mass is 219 g/mol. The van der Waals surface area contributed by atoms with Crippen LogP contribution in [-0.2, 0) is 0 Å². The van der Waals surface area contributed by atoms with Crippen LogP contribution in [0.25, 0.3) is 0 Å². The fourth-order valence-electron chi connectivity index (χ4n) is 1.95. The van der Waals surface area contributed by atoms with Gasteiger partial charge in [-0.05, 0) is 24.4 Å². The predicted octanol–water partition coefficient (Wildman–Crippen LogP) is 3.15. The van der Waals surface area contributed by atoms with E-state index < -0.39 is 0 Å². The summed E-state index contributed by atoms with van der Waals surface area (Å²) in [5.74, 6) is 1.04. The molecule has 0 aliphatic carbocycles. The Bertz CT molecular complexity index is 354. The van der Waals surface area contributed by atoms with Gasteiger partial charge in [-0.3, -0.25) is 0 Å². The van der Waals surface area contributed by atoms with Gasteiger partial charge in [0.15, 0.2) is 0 Å². The van der Waals surface area contributed by atoms with Crippen LogP contribution in [0.15, 0.2) is 24.3 Å². The van der Waals surface area contributed by atoms with Crippen LogP contribution < -0.4 is 10.1 Å². The molecule has 16 heavy (non-hydrogen) atoms. The molecule has 2 heteroatoms. The zero-order valence-corrected chi connectivity index (χ0v) is 10.4. The number of fused-ring (bicyclic) bond motifs is 1. The minimum atomic E-state index is 0.374. The lowest BCUT2D eigenvalue weighted by atomic mass is 9.92. The normalized spacial score (nSPS) is 19.3. The van der Waals surface area contributed by atoms with E-state index in [1.54, 1.807) is 0 Å². The van der Waals surface area contributed by atoms with Crippen molar-refractivity contribution in [2.24, 2.45) is 5.41 Å². The number of rotatable bonds is 3. The second-order valence-corrected chi connectivity index (χ2v) is 5.67. The van der Waals surface area contributed by atoms with Crippen molar-refractivity contribution >= 4 is 0 Å². The van der Waals surface area contributed by atoms with Crippen molar-refractivity contribution in [2.75, 3.05) is 13.2 Å². The lowest BCUT2D eigenvalue weighted by Crippen LogP contribution is -2.26. The average Bonchev–Trinajstić information content (AvgIpc) is 2.60. The first kappa shape index (κ1) is 11.5. The van der Waals surface area contributed by atoms with Gasteiger partial charge >= 0.3 is 0 Å². The van der Waals surface area contributed by atoms with E-state index in [1.807, 2.05) is 12.1 Å². The molecule has 1 aliphatic heterocycles. The molecule has 0 amide bonds. The maximum atomic E-state index is 5.63. The molecule has 0 saturated heterocycles. The molecule has 1 aromatic rings. The minimum Gasteiger partial charge on any atom is -0.491 e. The van der Waals surface area contributed by atoms with Crippen LogP contribution in [0.1, 0.15) is 38.8 Å². The minimum absolute atomic E-state index is 0.374. The van der Waals surface area contributed by atoms with E-state index >= 15 is 0 Å². The van der Waals surface area contributed by atoms with Crippen molar-refractivity contribution in [1.82, 2.24) is 5.32 Å². The summed E-state index contributed by atoms with van der Waals surface area (Å²) in [5, 5.41) is 3.57. The van der Waals surface area contributed by atoms with Gasteiger partial charge in [0.05, 0.1) is 6.04 Å². The van der Waals surface area contributed by atoms with Gasteiger partial charge < -0.3 is 10.1 Å². The molecule has 1 aromatic carbocycles. The maximum Gasteiger partial charge on any atom is 0.124 e. The molecule has 0 bridgehead atoms. The van der Waals surface area contributed by atoms with Gasteiger partial charge in [-0.1, -0.05) is 39.0 Å². The van der Waals surface area contributed by atoms with Crippen molar-refractivity contribution in [3.05, 3.63) is 29.8 Å². The Morgan fingerprint density at radius 3 is 2.81 bits per heavy atom. The van der Waals surface area contributed by atoms with Crippen molar-refractivity contribution < 1.29 is 4.74 Å². The second kappa shape index (κ2) is 4.46. The first-order valence-corrected chi connectivity index (χ1v) is 6.01. The van der Waals surface area contributed by atoms with E-state index in [-0.39, 0.29) is 0 Å². The van der Waals surface area contributed by atoms with Crippen LogP contribution in [0.3, 0.4) is 0 Å². The number of ether oxygens (including phenoxy) is 1. The van der Waals surface area contributed by atoms with Gasteiger partial charge in [-0.15, -0.1) is 0 Å². The first-order valence-electron chi connectivity index (χ1n) is 6.01. The molecule has 0 aromatic heterocycles. The molecule has 1 atom stereocenters. The smallest absolute Gasteiger partial charge is 0.124 e. The van der Waals surface area contributed by atoms with Crippen LogP contribution in [0.5, 0.6) is 5.75 Å². The molecule has 0 spiro atoms. The number of para-hydroxylation sites is 1. The number of hydrogen-bond donors (Lipinski definition) is 1. The lowest BCUT2D eigenvalue weighted by molar-refractivity contribution is 0.297. The number of benzene rings is 1. The lowest BCUT2D eigenvalue weighted by Gasteiger charge is -2.20. The summed E-state index contributed by atoms with van der Waals surface area (Å²) >= 11 is 0. The van der Waals surface area contributed by atoms with Crippen LogP contribution in [0.2, 0.25) is 0 Å². The zero-order chi connectivity index (χ0) is 11.6. The van der Waals surface area contributed by atoms with Crippen LogP contribution >= 0.6 is 0 Å². The van der Waals surface area contributed by atoms with E-state index in [2.05, 4.69) is 38.2 Å². The summed E-state index contributed by atoms with van der Waals surface area (Å²) in [5.41, 5.74) is 1.70. The Hall–Kier alpha value is -1.02. The highest BCUT2D eigenvalue weighted by Crippen LogP contribution is 2.31. The molecular weight excluding hydrogens is 198 g/mol. The van der Waals surface area contributed by atoms with E-state index in [9.17, 15) is 0 Å². The molecule has 88 valence electrons. The third-order valence-corrected chi connectivity index (χ3v) is 2.97. The number of nitrogens with one attached hydrogen (secondary N) is 1. The molecular formula is C14H21NO. The fourth-order valence-corrected chi connectivity index (χ4v) is 1.95. The Morgan fingerprint density at radius 2 is 2.06 bits per heavy atom. The number of hydrogen-bond acceptors (Lipinski definition) is 2. The quantitative estimate of drug-likeness (QED) is 0.843. The van der Waals surface area contributed by atoms with Crippen LogP contribution in [-0.4, -0.2) is 13.2 Å². The summed E-state index contributed by atoms with van der Waals surface area (Å²) in [7, 11) is 0. The van der Waals surface area contributed by atoms with Gasteiger partial charge in [-0.25, -0.2) is 0 Å². The van der Waals surface area contributed by atoms with Gasteiger partial charge in [0.2, 0.25) is 0 Å². The van der Waals surface area contributed by atoms with E-state index in [1.165, 1.54) is 12.0 Å². The topological polar surface area (TPSA) is 21.3 Å². The Balaban J connectivity index is 1.89. The Kier molecular flexibility index (Phi) is 3.20. The highest BCUT2D eigenvalue weighted by Gasteiger charge is 2.23. The van der Waals surface area contributed by atoms with Gasteiger partial charge in [0.25, 0.3) is 0 Å². The average molecular weight is 219 g/mol. The SMILES string of the molecule is CC(C)(C)CCNC1COc2ccccc21. The van der Waals surface area contributed by atoms with Crippen molar-refractivity contribution in [1.29, 1.82) is 0 Å². The van der Waals surface area contributed by atoms with Gasteiger partial charge in [0, 0.05) is 5.56 Å². The van der Waals surface area contributed by atoms with Gasteiger partial charge in [0.1, 0.15) is 12.4 Å². The second-order valence-electron chi connectivity index (χ2n) is 5.67. The molecule has 0 fully saturated rings. The summed E-state index contributed by atoms with van der Waals surface area (Å²) in [6.07, 6.45) is 1.19. The molecule has 0 saturated carbocycles. The third kappa shape index (κ3) is 2.76. The molecule has 1 heterocycles. The molecule has 0 radical (unpaired) electrons. The van der Waals surface area contributed by atoms with Crippen LogP contribution in [0, 0.1) is 5.41 Å². The Morgan fingerprint density at radius 1 is 1.31 bits per heavy atom. The van der Waals surface area contributed by atoms with E-state index in [0.717, 1.165) is 18.9 Å². The highest BCUT2D eigenvalue weighted by molar-refractivity contribution is 5.39. The summed E-state index contributed by atoms with van der Waals surface area (Å²) in [4.78, 5) is 0. The van der Waals surface area contributed by atoms with Crippen molar-refractivity contribution in [3.63, 3.8) is 0 Å². The summed E-state index contributed by atoms with van der Waals surface area (Å²) in [6.45, 7) is 8.63. The molecule has 1 N–H and O–H groups in total. The van der Waals surface area contributed by atoms with Crippen LogP contribution in [0.4, 0.5) is 0 Å². The van der Waals surface area contributed by atoms with Crippen molar-refractivity contribution in [3.8, 4) is 5.75 Å².